The number of ketones is 3. The third-order valence-electron chi connectivity index (χ3n) is 8.32. The highest BCUT2D eigenvalue weighted by Crippen LogP contribution is 2.61. The van der Waals surface area contributed by atoms with Crippen molar-refractivity contribution in [2.24, 2.45) is 5.41 Å². The van der Waals surface area contributed by atoms with Gasteiger partial charge in [0.05, 0.1) is 6.04 Å². The van der Waals surface area contributed by atoms with Gasteiger partial charge in [0.1, 0.15) is 17.3 Å². The molecular formula is C33H21ClFNO3. The Morgan fingerprint density at radius 3 is 2.13 bits per heavy atom. The Morgan fingerprint density at radius 1 is 0.821 bits per heavy atom. The molecule has 0 aromatic heterocycles. The van der Waals surface area contributed by atoms with Crippen molar-refractivity contribution in [2.75, 3.05) is 4.90 Å². The fourth-order valence-corrected chi connectivity index (χ4v) is 6.89. The zero-order chi connectivity index (χ0) is 26.9. The Kier molecular flexibility index (Phi) is 5.23. The van der Waals surface area contributed by atoms with E-state index < -0.39 is 29.2 Å². The maximum absolute atomic E-state index is 14.5. The van der Waals surface area contributed by atoms with Gasteiger partial charge in [-0.2, -0.15) is 0 Å². The van der Waals surface area contributed by atoms with Crippen molar-refractivity contribution in [3.63, 3.8) is 0 Å². The number of rotatable bonds is 3. The third-order valence-corrected chi connectivity index (χ3v) is 8.57. The molecule has 4 aromatic carbocycles. The molecule has 1 saturated heterocycles. The molecule has 1 spiro atoms. The van der Waals surface area contributed by atoms with Gasteiger partial charge in [-0.1, -0.05) is 90.5 Å². The first kappa shape index (κ1) is 23.7. The molecule has 4 nitrogen and oxygen atoms in total. The summed E-state index contributed by atoms with van der Waals surface area (Å²) in [6, 6.07) is 25.4. The molecule has 2 aliphatic heterocycles. The van der Waals surface area contributed by atoms with Crippen molar-refractivity contribution in [3.05, 3.63) is 142 Å². The summed E-state index contributed by atoms with van der Waals surface area (Å²) in [6.07, 6.45) is 3.53. The fraction of sp³-hybridized carbons (Fsp3) is 0.121. The summed E-state index contributed by atoms with van der Waals surface area (Å²) in [7, 11) is 0. The van der Waals surface area contributed by atoms with Gasteiger partial charge in [0, 0.05) is 38.9 Å². The Hall–Kier alpha value is -4.35. The molecule has 0 saturated carbocycles. The first-order chi connectivity index (χ1) is 18.9. The molecule has 3 aliphatic rings. The highest BCUT2D eigenvalue weighted by atomic mass is 35.5. The van der Waals surface area contributed by atoms with Gasteiger partial charge in [-0.15, -0.1) is 0 Å². The zero-order valence-corrected chi connectivity index (χ0v) is 21.3. The standard InChI is InChI=1S/C33H21ClFNO3/c34-22-13-10-19(11-14-22)28-29(30(37)20-6-2-1-3-7-20)36-26-16-15-23(35)18-21(26)12-17-27(36)33(28)31(38)24-8-4-5-9-25(24)32(33)39/h1-18,27-29H/t27-,28-,29-/m0/s1. The molecule has 1 aliphatic carbocycles. The van der Waals surface area contributed by atoms with Crippen LogP contribution < -0.4 is 4.90 Å². The highest BCUT2D eigenvalue weighted by Gasteiger charge is 2.71. The van der Waals surface area contributed by atoms with Gasteiger partial charge >= 0.3 is 0 Å². The van der Waals surface area contributed by atoms with Crippen LogP contribution in [0.15, 0.2) is 103 Å². The Labute approximate surface area is 229 Å². The molecule has 2 heterocycles. The van der Waals surface area contributed by atoms with Gasteiger partial charge < -0.3 is 4.90 Å². The molecule has 7 rings (SSSR count). The number of nitrogens with zero attached hydrogens (tertiary/aromatic N) is 1. The van der Waals surface area contributed by atoms with Crippen LogP contribution in [0, 0.1) is 11.2 Å². The van der Waals surface area contributed by atoms with E-state index in [1.54, 1.807) is 91.0 Å². The Morgan fingerprint density at radius 2 is 1.46 bits per heavy atom. The quantitative estimate of drug-likeness (QED) is 0.215. The molecule has 4 aromatic rings. The molecule has 3 atom stereocenters. The highest BCUT2D eigenvalue weighted by molar-refractivity contribution is 6.32. The molecule has 0 amide bonds. The number of hydrogen-bond acceptors (Lipinski definition) is 4. The topological polar surface area (TPSA) is 54.5 Å². The average Bonchev–Trinajstić information content (AvgIpc) is 3.39. The maximum Gasteiger partial charge on any atom is 0.185 e. The van der Waals surface area contributed by atoms with Crippen LogP contribution in [-0.2, 0) is 0 Å². The first-order valence-corrected chi connectivity index (χ1v) is 13.1. The second-order valence-corrected chi connectivity index (χ2v) is 10.6. The molecule has 0 unspecified atom stereocenters. The van der Waals surface area contributed by atoms with Gasteiger partial charge in [0.25, 0.3) is 0 Å². The third kappa shape index (κ3) is 3.20. The van der Waals surface area contributed by atoms with E-state index in [1.807, 2.05) is 11.0 Å². The number of halogens is 2. The van der Waals surface area contributed by atoms with E-state index in [4.69, 9.17) is 11.6 Å². The summed E-state index contributed by atoms with van der Waals surface area (Å²) < 4.78 is 14.3. The summed E-state index contributed by atoms with van der Waals surface area (Å²) in [5, 5.41) is 0.502. The van der Waals surface area contributed by atoms with Crippen LogP contribution in [0.4, 0.5) is 10.1 Å². The van der Waals surface area contributed by atoms with E-state index in [1.165, 1.54) is 12.1 Å². The lowest BCUT2D eigenvalue weighted by Crippen LogP contribution is -2.48. The predicted octanol–water partition coefficient (Wildman–Crippen LogP) is 6.80. The van der Waals surface area contributed by atoms with Crippen LogP contribution in [0.25, 0.3) is 6.08 Å². The minimum absolute atomic E-state index is 0.223. The lowest BCUT2D eigenvalue weighted by molar-refractivity contribution is 0.0666. The average molecular weight is 534 g/mol. The Balaban J connectivity index is 1.55. The van der Waals surface area contributed by atoms with E-state index in [9.17, 15) is 18.8 Å². The van der Waals surface area contributed by atoms with Crippen LogP contribution in [0.5, 0.6) is 0 Å². The second-order valence-electron chi connectivity index (χ2n) is 10.2. The first-order valence-electron chi connectivity index (χ1n) is 12.7. The van der Waals surface area contributed by atoms with Gasteiger partial charge in [0.15, 0.2) is 17.3 Å². The van der Waals surface area contributed by atoms with Gasteiger partial charge in [0.2, 0.25) is 0 Å². The molecule has 39 heavy (non-hydrogen) atoms. The van der Waals surface area contributed by atoms with Crippen molar-refractivity contribution in [3.8, 4) is 0 Å². The molecule has 0 bridgehead atoms. The van der Waals surface area contributed by atoms with Crippen LogP contribution in [0.2, 0.25) is 5.02 Å². The SMILES string of the molecule is O=C(c1ccccc1)[C@@H]1[C@H](c2ccc(Cl)cc2)C2(C(=O)c3ccccc3C2=O)[C@@H]2C=Cc3cc(F)ccc3N12. The lowest BCUT2D eigenvalue weighted by atomic mass is 9.64. The molecule has 190 valence electrons. The normalized spacial score (nSPS) is 22.1. The minimum Gasteiger partial charge on any atom is -0.352 e. The van der Waals surface area contributed by atoms with Crippen LogP contribution in [0.3, 0.4) is 0 Å². The predicted molar refractivity (Wildman–Crippen MR) is 148 cm³/mol. The summed E-state index contributed by atoms with van der Waals surface area (Å²) in [4.78, 5) is 45.4. The fourth-order valence-electron chi connectivity index (χ4n) is 6.76. The van der Waals surface area contributed by atoms with Crippen molar-refractivity contribution in [1.82, 2.24) is 0 Å². The van der Waals surface area contributed by atoms with Crippen molar-refractivity contribution < 1.29 is 18.8 Å². The summed E-state index contributed by atoms with van der Waals surface area (Å²) in [6.45, 7) is 0. The molecule has 6 heteroatoms. The maximum atomic E-state index is 14.5. The number of fused-ring (bicyclic) bond motifs is 5. The number of carbonyl (C=O) groups excluding carboxylic acids is 3. The number of Topliss-reactive ketones (excluding diaryl/α,β-unsaturated/α-hetero) is 3. The van der Waals surface area contributed by atoms with E-state index in [2.05, 4.69) is 0 Å². The van der Waals surface area contributed by atoms with Crippen LogP contribution >= 0.6 is 11.6 Å². The van der Waals surface area contributed by atoms with Gasteiger partial charge in [-0.25, -0.2) is 4.39 Å². The van der Waals surface area contributed by atoms with Crippen molar-refractivity contribution in [1.29, 1.82) is 0 Å². The molecule has 1 fully saturated rings. The smallest absolute Gasteiger partial charge is 0.185 e. The second kappa shape index (κ2) is 8.58. The molecular weight excluding hydrogens is 513 g/mol. The van der Waals surface area contributed by atoms with Crippen LogP contribution in [-0.4, -0.2) is 29.4 Å². The number of hydrogen-bond donors (Lipinski definition) is 0. The molecule has 0 N–H and O–H groups in total. The van der Waals surface area contributed by atoms with Crippen LogP contribution in [0.1, 0.15) is 48.1 Å². The zero-order valence-electron chi connectivity index (χ0n) is 20.6. The summed E-state index contributed by atoms with van der Waals surface area (Å²) in [5.74, 6) is -2.08. The van der Waals surface area contributed by atoms with Crippen molar-refractivity contribution in [2.45, 2.75) is 18.0 Å². The summed E-state index contributed by atoms with van der Waals surface area (Å²) in [5.41, 5.74) is 1.42. The van der Waals surface area contributed by atoms with E-state index in [-0.39, 0.29) is 17.3 Å². The minimum atomic E-state index is -1.60. The summed E-state index contributed by atoms with van der Waals surface area (Å²) >= 11 is 6.24. The van der Waals surface area contributed by atoms with Crippen molar-refractivity contribution >= 4 is 40.7 Å². The van der Waals surface area contributed by atoms with Gasteiger partial charge in [-0.05, 0) is 35.9 Å². The van der Waals surface area contributed by atoms with E-state index >= 15 is 0 Å². The van der Waals surface area contributed by atoms with Gasteiger partial charge in [-0.3, -0.25) is 14.4 Å². The lowest BCUT2D eigenvalue weighted by Gasteiger charge is -2.37. The molecule has 0 radical (unpaired) electrons. The monoisotopic (exact) mass is 533 g/mol. The largest absolute Gasteiger partial charge is 0.352 e. The number of anilines is 1. The number of carbonyl (C=O) groups is 3. The number of benzene rings is 4. The van der Waals surface area contributed by atoms with E-state index in [0.29, 0.717) is 38.5 Å². The van der Waals surface area contributed by atoms with E-state index in [0.717, 1.165) is 0 Å². The Bertz CT molecular complexity index is 1680.